The number of thiazole rings is 1. The van der Waals surface area contributed by atoms with Crippen LogP contribution in [-0.2, 0) is 0 Å². The van der Waals surface area contributed by atoms with E-state index in [0.29, 0.717) is 15.3 Å². The SMILES string of the molecule is O=C(O)c1ccc2nc(NC(=O)c3ccc(F)nc3)sc2c1. The van der Waals surface area contributed by atoms with Crippen LogP contribution >= 0.6 is 11.3 Å². The highest BCUT2D eigenvalue weighted by atomic mass is 32.1. The van der Waals surface area contributed by atoms with Gasteiger partial charge < -0.3 is 5.11 Å². The molecule has 0 spiro atoms. The first kappa shape index (κ1) is 14.1. The van der Waals surface area contributed by atoms with E-state index in [2.05, 4.69) is 15.3 Å². The Morgan fingerprint density at radius 1 is 1.18 bits per heavy atom. The molecule has 2 heterocycles. The van der Waals surface area contributed by atoms with Gasteiger partial charge in [-0.3, -0.25) is 10.1 Å². The lowest BCUT2D eigenvalue weighted by Crippen LogP contribution is -2.12. The predicted octanol–water partition coefficient (Wildman–Crippen LogP) is 2.78. The molecule has 0 bridgehead atoms. The first-order valence-corrected chi connectivity index (χ1v) is 6.91. The quantitative estimate of drug-likeness (QED) is 0.725. The summed E-state index contributed by atoms with van der Waals surface area (Å²) in [4.78, 5) is 30.5. The highest BCUT2D eigenvalue weighted by Gasteiger charge is 2.12. The number of rotatable bonds is 3. The van der Waals surface area contributed by atoms with Gasteiger partial charge in [-0.1, -0.05) is 11.3 Å². The third-order valence-electron chi connectivity index (χ3n) is 2.85. The number of benzene rings is 1. The van der Waals surface area contributed by atoms with Crippen LogP contribution in [0.15, 0.2) is 36.5 Å². The number of pyridine rings is 1. The Morgan fingerprint density at radius 3 is 2.64 bits per heavy atom. The summed E-state index contributed by atoms with van der Waals surface area (Å²) < 4.78 is 13.4. The summed E-state index contributed by atoms with van der Waals surface area (Å²) in [6.07, 6.45) is 1.13. The number of fused-ring (bicyclic) bond motifs is 1. The number of carbonyl (C=O) groups is 2. The van der Waals surface area contributed by atoms with Crippen molar-refractivity contribution in [3.8, 4) is 0 Å². The van der Waals surface area contributed by atoms with Gasteiger partial charge in [0.1, 0.15) is 0 Å². The number of amides is 1. The highest BCUT2D eigenvalue weighted by Crippen LogP contribution is 2.27. The number of anilines is 1. The minimum atomic E-state index is -1.03. The average molecular weight is 317 g/mol. The largest absolute Gasteiger partial charge is 0.478 e. The molecule has 0 aliphatic rings. The summed E-state index contributed by atoms with van der Waals surface area (Å²) in [6, 6.07) is 6.91. The van der Waals surface area contributed by atoms with Crippen molar-refractivity contribution in [3.63, 3.8) is 0 Å². The van der Waals surface area contributed by atoms with Crippen molar-refractivity contribution in [2.24, 2.45) is 0 Å². The van der Waals surface area contributed by atoms with Crippen LogP contribution in [0.2, 0.25) is 0 Å². The third-order valence-corrected chi connectivity index (χ3v) is 3.78. The van der Waals surface area contributed by atoms with Gasteiger partial charge in [0, 0.05) is 6.20 Å². The topological polar surface area (TPSA) is 92.2 Å². The van der Waals surface area contributed by atoms with E-state index < -0.39 is 17.8 Å². The number of nitrogens with zero attached hydrogens (tertiary/aromatic N) is 2. The number of hydrogen-bond donors (Lipinski definition) is 2. The zero-order chi connectivity index (χ0) is 15.7. The Balaban J connectivity index is 1.86. The molecule has 0 aliphatic heterocycles. The number of nitrogens with one attached hydrogen (secondary N) is 1. The molecule has 3 rings (SSSR count). The second kappa shape index (κ2) is 5.49. The number of halogens is 1. The number of carboxylic acid groups (broad SMARTS) is 1. The second-order valence-corrected chi connectivity index (χ2v) is 5.36. The lowest BCUT2D eigenvalue weighted by Gasteiger charge is -2.00. The summed E-state index contributed by atoms with van der Waals surface area (Å²) in [6.45, 7) is 0. The fourth-order valence-electron chi connectivity index (χ4n) is 1.79. The van der Waals surface area contributed by atoms with Crippen LogP contribution in [0.1, 0.15) is 20.7 Å². The Hall–Kier alpha value is -2.87. The molecule has 0 saturated heterocycles. The van der Waals surface area contributed by atoms with Gasteiger partial charge in [-0.05, 0) is 30.3 Å². The molecule has 2 aromatic heterocycles. The number of aromatic nitrogens is 2. The van der Waals surface area contributed by atoms with E-state index in [0.717, 1.165) is 23.6 Å². The van der Waals surface area contributed by atoms with Crippen LogP contribution in [0.4, 0.5) is 9.52 Å². The summed E-state index contributed by atoms with van der Waals surface area (Å²) in [5.41, 5.74) is 0.936. The van der Waals surface area contributed by atoms with Gasteiger partial charge in [-0.15, -0.1) is 0 Å². The van der Waals surface area contributed by atoms with Crippen molar-refractivity contribution >= 4 is 38.6 Å². The van der Waals surface area contributed by atoms with Crippen LogP contribution in [0.5, 0.6) is 0 Å². The molecular formula is C14H8FN3O3S. The molecule has 8 heteroatoms. The van der Waals surface area contributed by atoms with Crippen LogP contribution in [0.25, 0.3) is 10.2 Å². The Labute approximate surface area is 127 Å². The van der Waals surface area contributed by atoms with Crippen LogP contribution in [-0.4, -0.2) is 27.0 Å². The van der Waals surface area contributed by atoms with E-state index in [1.54, 1.807) is 6.07 Å². The molecule has 22 heavy (non-hydrogen) atoms. The molecule has 0 radical (unpaired) electrons. The minimum absolute atomic E-state index is 0.150. The molecule has 6 nitrogen and oxygen atoms in total. The molecule has 3 aromatic rings. The molecule has 0 aliphatic carbocycles. The highest BCUT2D eigenvalue weighted by molar-refractivity contribution is 7.22. The van der Waals surface area contributed by atoms with E-state index in [4.69, 9.17) is 5.11 Å². The summed E-state index contributed by atoms with van der Waals surface area (Å²) >= 11 is 1.15. The van der Waals surface area contributed by atoms with Gasteiger partial charge in [-0.2, -0.15) is 4.39 Å². The molecule has 1 aromatic carbocycles. The molecule has 0 saturated carbocycles. The van der Waals surface area contributed by atoms with Crippen molar-refractivity contribution in [1.82, 2.24) is 9.97 Å². The van der Waals surface area contributed by atoms with Gasteiger partial charge in [-0.25, -0.2) is 14.8 Å². The fraction of sp³-hybridized carbons (Fsp3) is 0. The van der Waals surface area contributed by atoms with E-state index in [-0.39, 0.29) is 11.1 Å². The first-order valence-electron chi connectivity index (χ1n) is 6.10. The van der Waals surface area contributed by atoms with Gasteiger partial charge in [0.2, 0.25) is 5.95 Å². The monoisotopic (exact) mass is 317 g/mol. The van der Waals surface area contributed by atoms with Crippen LogP contribution in [0, 0.1) is 5.95 Å². The summed E-state index contributed by atoms with van der Waals surface area (Å²) in [5, 5.41) is 11.8. The molecule has 110 valence electrons. The standard InChI is InChI=1S/C14H8FN3O3S/c15-11-4-2-8(6-16-11)12(19)18-14-17-9-3-1-7(13(20)21)5-10(9)22-14/h1-6H,(H,20,21)(H,17,18,19). The maximum atomic E-state index is 12.7. The third kappa shape index (κ3) is 2.77. The molecule has 0 atom stereocenters. The van der Waals surface area contributed by atoms with Gasteiger partial charge in [0.05, 0.1) is 21.3 Å². The van der Waals surface area contributed by atoms with Crippen LogP contribution in [0.3, 0.4) is 0 Å². The Morgan fingerprint density at radius 2 is 1.95 bits per heavy atom. The lowest BCUT2D eigenvalue weighted by molar-refractivity contribution is 0.0697. The molecular weight excluding hydrogens is 309 g/mol. The second-order valence-electron chi connectivity index (χ2n) is 4.33. The lowest BCUT2D eigenvalue weighted by atomic mass is 10.2. The van der Waals surface area contributed by atoms with Gasteiger partial charge in [0.25, 0.3) is 5.91 Å². The zero-order valence-corrected chi connectivity index (χ0v) is 11.7. The van der Waals surface area contributed by atoms with E-state index in [1.807, 2.05) is 0 Å². The maximum absolute atomic E-state index is 12.7. The Kier molecular flexibility index (Phi) is 3.51. The van der Waals surface area contributed by atoms with Crippen LogP contribution < -0.4 is 5.32 Å². The minimum Gasteiger partial charge on any atom is -0.478 e. The molecule has 2 N–H and O–H groups in total. The summed E-state index contributed by atoms with van der Waals surface area (Å²) in [7, 11) is 0. The van der Waals surface area contributed by atoms with Gasteiger partial charge in [0.15, 0.2) is 5.13 Å². The number of carbonyl (C=O) groups excluding carboxylic acids is 1. The molecule has 1 amide bonds. The Bertz CT molecular complexity index is 877. The van der Waals surface area contributed by atoms with Crippen molar-refractivity contribution in [3.05, 3.63) is 53.6 Å². The normalized spacial score (nSPS) is 10.6. The van der Waals surface area contributed by atoms with Crippen molar-refractivity contribution in [2.75, 3.05) is 5.32 Å². The van der Waals surface area contributed by atoms with Gasteiger partial charge >= 0.3 is 5.97 Å². The maximum Gasteiger partial charge on any atom is 0.335 e. The van der Waals surface area contributed by atoms with E-state index >= 15 is 0 Å². The predicted molar refractivity (Wildman–Crippen MR) is 78.7 cm³/mol. The van der Waals surface area contributed by atoms with Crippen molar-refractivity contribution < 1.29 is 19.1 Å². The fourth-order valence-corrected chi connectivity index (χ4v) is 2.69. The van der Waals surface area contributed by atoms with Crippen molar-refractivity contribution in [2.45, 2.75) is 0 Å². The average Bonchev–Trinajstić information content (AvgIpc) is 2.88. The summed E-state index contributed by atoms with van der Waals surface area (Å²) in [5.74, 6) is -2.17. The number of hydrogen-bond acceptors (Lipinski definition) is 5. The van der Waals surface area contributed by atoms with E-state index in [9.17, 15) is 14.0 Å². The number of carboxylic acids is 1. The van der Waals surface area contributed by atoms with Crippen molar-refractivity contribution in [1.29, 1.82) is 0 Å². The zero-order valence-electron chi connectivity index (χ0n) is 10.9. The molecule has 0 unspecified atom stereocenters. The smallest absolute Gasteiger partial charge is 0.335 e. The number of aromatic carboxylic acids is 1. The molecule has 0 fully saturated rings. The van der Waals surface area contributed by atoms with E-state index in [1.165, 1.54) is 18.2 Å². The first-order chi connectivity index (χ1) is 10.5.